The number of carbonyl (C=O) groups excluding carboxylic acids is 1. The number of carboxylic acid groups (broad SMARTS) is 1. The molecule has 0 heterocycles. The predicted molar refractivity (Wildman–Crippen MR) is 107 cm³/mol. The summed E-state index contributed by atoms with van der Waals surface area (Å²) in [6.45, 7) is 0. The lowest BCUT2D eigenvalue weighted by Crippen LogP contribution is -2.21. The average Bonchev–Trinajstić information content (AvgIpc) is 2.69. The van der Waals surface area contributed by atoms with Crippen LogP contribution in [-0.4, -0.2) is 22.1 Å². The molecular weight excluding hydrogens is 356 g/mol. The smallest absolute Gasteiger partial charge is 0.337 e. The SMILES string of the molecule is N[C@H](CC(=O)Nc1ccccc1C(=O)O)c1ccc(-c2ccc(O)cc2)cc1. The third-order valence-corrected chi connectivity index (χ3v) is 4.38. The molecule has 28 heavy (non-hydrogen) atoms. The number of para-hydroxylation sites is 1. The molecule has 0 saturated carbocycles. The van der Waals surface area contributed by atoms with Gasteiger partial charge in [0.2, 0.25) is 5.91 Å². The first kappa shape index (κ1) is 19.1. The van der Waals surface area contributed by atoms with Crippen LogP contribution >= 0.6 is 0 Å². The molecule has 1 amide bonds. The molecule has 3 aromatic rings. The number of aromatic carboxylic acids is 1. The van der Waals surface area contributed by atoms with Gasteiger partial charge in [0.1, 0.15) is 5.75 Å². The van der Waals surface area contributed by atoms with E-state index in [-0.39, 0.29) is 29.3 Å². The second-order valence-corrected chi connectivity index (χ2v) is 6.38. The fourth-order valence-electron chi connectivity index (χ4n) is 2.87. The van der Waals surface area contributed by atoms with Crippen molar-refractivity contribution in [3.63, 3.8) is 0 Å². The largest absolute Gasteiger partial charge is 0.508 e. The third kappa shape index (κ3) is 4.55. The lowest BCUT2D eigenvalue weighted by Gasteiger charge is -2.14. The number of phenolic OH excluding ortho intramolecular Hbond substituents is 1. The van der Waals surface area contributed by atoms with E-state index in [1.807, 2.05) is 36.4 Å². The number of phenols is 1. The molecule has 6 nitrogen and oxygen atoms in total. The van der Waals surface area contributed by atoms with Crippen molar-refractivity contribution < 1.29 is 19.8 Å². The number of rotatable bonds is 6. The first-order chi connectivity index (χ1) is 13.4. The second-order valence-electron chi connectivity index (χ2n) is 6.38. The van der Waals surface area contributed by atoms with Crippen LogP contribution in [0.2, 0.25) is 0 Å². The molecule has 0 radical (unpaired) electrons. The Labute approximate surface area is 162 Å². The molecule has 6 heteroatoms. The van der Waals surface area contributed by atoms with Gasteiger partial charge in [0.15, 0.2) is 0 Å². The molecule has 5 N–H and O–H groups in total. The van der Waals surface area contributed by atoms with Crippen molar-refractivity contribution in [2.45, 2.75) is 12.5 Å². The average molecular weight is 376 g/mol. The highest BCUT2D eigenvalue weighted by atomic mass is 16.4. The van der Waals surface area contributed by atoms with Gasteiger partial charge in [-0.1, -0.05) is 48.5 Å². The zero-order valence-corrected chi connectivity index (χ0v) is 15.0. The molecule has 0 aliphatic carbocycles. The van der Waals surface area contributed by atoms with E-state index in [4.69, 9.17) is 5.73 Å². The number of aromatic hydroxyl groups is 1. The molecule has 3 aromatic carbocycles. The number of anilines is 1. The molecule has 0 bridgehead atoms. The third-order valence-electron chi connectivity index (χ3n) is 4.38. The number of amides is 1. The standard InChI is InChI=1S/C22H20N2O4/c23-19(13-21(26)24-20-4-2-1-3-18(20)22(27)28)16-7-5-14(6-8-16)15-9-11-17(25)12-10-15/h1-12,19,25H,13,23H2,(H,24,26)(H,27,28)/t19-/m1/s1. The van der Waals surface area contributed by atoms with E-state index in [1.54, 1.807) is 30.3 Å². The van der Waals surface area contributed by atoms with Crippen LogP contribution in [0.4, 0.5) is 5.69 Å². The molecule has 1 atom stereocenters. The zero-order valence-electron chi connectivity index (χ0n) is 15.0. The van der Waals surface area contributed by atoms with Crippen LogP contribution in [0.3, 0.4) is 0 Å². The Hall–Kier alpha value is -3.64. The van der Waals surface area contributed by atoms with Crippen LogP contribution in [0, 0.1) is 0 Å². The van der Waals surface area contributed by atoms with Crippen LogP contribution in [0.15, 0.2) is 72.8 Å². The van der Waals surface area contributed by atoms with Gasteiger partial charge in [-0.2, -0.15) is 0 Å². The van der Waals surface area contributed by atoms with Crippen molar-refractivity contribution in [2.75, 3.05) is 5.32 Å². The second kappa shape index (κ2) is 8.37. The van der Waals surface area contributed by atoms with E-state index in [1.165, 1.54) is 6.07 Å². The van der Waals surface area contributed by atoms with E-state index in [0.29, 0.717) is 0 Å². The molecule has 0 unspecified atom stereocenters. The highest BCUT2D eigenvalue weighted by Gasteiger charge is 2.15. The topological polar surface area (TPSA) is 113 Å². The normalized spacial score (nSPS) is 11.6. The van der Waals surface area contributed by atoms with Gasteiger partial charge in [0.05, 0.1) is 11.3 Å². The zero-order chi connectivity index (χ0) is 20.1. The molecule has 0 aliphatic heterocycles. The summed E-state index contributed by atoms with van der Waals surface area (Å²) in [6.07, 6.45) is 0.0203. The summed E-state index contributed by atoms with van der Waals surface area (Å²) in [6, 6.07) is 20.1. The molecule has 0 fully saturated rings. The van der Waals surface area contributed by atoms with Crippen molar-refractivity contribution in [2.24, 2.45) is 5.73 Å². The van der Waals surface area contributed by atoms with Crippen molar-refractivity contribution in [1.82, 2.24) is 0 Å². The number of carboxylic acids is 1. The summed E-state index contributed by atoms with van der Waals surface area (Å²) in [5.74, 6) is -1.26. The molecule has 0 aromatic heterocycles. The van der Waals surface area contributed by atoms with Crippen molar-refractivity contribution in [3.05, 3.63) is 83.9 Å². The quantitative estimate of drug-likeness (QED) is 0.523. The van der Waals surface area contributed by atoms with E-state index in [2.05, 4.69) is 5.32 Å². The Morgan fingerprint density at radius 3 is 2.07 bits per heavy atom. The first-order valence-electron chi connectivity index (χ1n) is 8.71. The Morgan fingerprint density at radius 2 is 1.46 bits per heavy atom. The minimum atomic E-state index is -1.11. The van der Waals surface area contributed by atoms with Crippen LogP contribution in [0.1, 0.15) is 28.4 Å². The minimum Gasteiger partial charge on any atom is -0.508 e. The highest BCUT2D eigenvalue weighted by Crippen LogP contribution is 2.24. The summed E-state index contributed by atoms with van der Waals surface area (Å²) >= 11 is 0. The van der Waals surface area contributed by atoms with Gasteiger partial charge in [0, 0.05) is 12.5 Å². The molecule has 0 aliphatic rings. The van der Waals surface area contributed by atoms with Crippen LogP contribution in [0.25, 0.3) is 11.1 Å². The number of carbonyl (C=O) groups is 2. The van der Waals surface area contributed by atoms with Crippen molar-refractivity contribution in [3.8, 4) is 16.9 Å². The molecular formula is C22H20N2O4. The van der Waals surface area contributed by atoms with Gasteiger partial charge >= 0.3 is 5.97 Å². The Bertz CT molecular complexity index is 982. The van der Waals surface area contributed by atoms with Gasteiger partial charge in [-0.15, -0.1) is 0 Å². The number of nitrogens with two attached hydrogens (primary N) is 1. The predicted octanol–water partition coefficient (Wildman–Crippen LogP) is 3.79. The van der Waals surface area contributed by atoms with Gasteiger partial charge in [-0.3, -0.25) is 4.79 Å². The van der Waals surface area contributed by atoms with Crippen molar-refractivity contribution in [1.29, 1.82) is 0 Å². The van der Waals surface area contributed by atoms with E-state index in [9.17, 15) is 19.8 Å². The van der Waals surface area contributed by atoms with Gasteiger partial charge < -0.3 is 21.3 Å². The summed E-state index contributed by atoms with van der Waals surface area (Å²) in [4.78, 5) is 23.5. The molecule has 0 spiro atoms. The molecule has 142 valence electrons. The minimum absolute atomic E-state index is 0.0203. The van der Waals surface area contributed by atoms with E-state index in [0.717, 1.165) is 16.7 Å². The van der Waals surface area contributed by atoms with Crippen LogP contribution in [0.5, 0.6) is 5.75 Å². The lowest BCUT2D eigenvalue weighted by molar-refractivity contribution is -0.116. The number of benzene rings is 3. The van der Waals surface area contributed by atoms with E-state index < -0.39 is 12.0 Å². The van der Waals surface area contributed by atoms with Gasteiger partial charge in [-0.25, -0.2) is 4.79 Å². The summed E-state index contributed by atoms with van der Waals surface area (Å²) in [5.41, 5.74) is 9.14. The molecule has 3 rings (SSSR count). The Kier molecular flexibility index (Phi) is 5.72. The van der Waals surface area contributed by atoms with E-state index >= 15 is 0 Å². The Balaban J connectivity index is 1.66. The van der Waals surface area contributed by atoms with Gasteiger partial charge in [-0.05, 0) is 41.0 Å². The summed E-state index contributed by atoms with van der Waals surface area (Å²) in [7, 11) is 0. The maximum atomic E-state index is 12.3. The number of hydrogen-bond donors (Lipinski definition) is 4. The summed E-state index contributed by atoms with van der Waals surface area (Å²) in [5, 5.41) is 21.2. The van der Waals surface area contributed by atoms with Gasteiger partial charge in [0.25, 0.3) is 0 Å². The fraction of sp³-hybridized carbons (Fsp3) is 0.0909. The maximum absolute atomic E-state index is 12.3. The van der Waals surface area contributed by atoms with Crippen molar-refractivity contribution >= 4 is 17.6 Å². The Morgan fingerprint density at radius 1 is 0.893 bits per heavy atom. The summed E-state index contributed by atoms with van der Waals surface area (Å²) < 4.78 is 0. The number of hydrogen-bond acceptors (Lipinski definition) is 4. The van der Waals surface area contributed by atoms with Crippen LogP contribution in [-0.2, 0) is 4.79 Å². The maximum Gasteiger partial charge on any atom is 0.337 e. The fourth-order valence-corrected chi connectivity index (χ4v) is 2.87. The first-order valence-corrected chi connectivity index (χ1v) is 8.71. The molecule has 0 saturated heterocycles. The monoisotopic (exact) mass is 376 g/mol. The van der Waals surface area contributed by atoms with Crippen LogP contribution < -0.4 is 11.1 Å². The number of nitrogens with one attached hydrogen (secondary N) is 1. The highest BCUT2D eigenvalue weighted by molar-refractivity contribution is 6.00. The lowest BCUT2D eigenvalue weighted by atomic mass is 9.99.